The molecule has 0 aliphatic carbocycles. The number of halogens is 1. The molecule has 1 unspecified atom stereocenters. The number of hydrogen-bond acceptors (Lipinski definition) is 4. The van der Waals surface area contributed by atoms with Crippen molar-refractivity contribution in [3.05, 3.63) is 28.8 Å². The van der Waals surface area contributed by atoms with E-state index in [4.69, 9.17) is 16.3 Å². The Hall–Kier alpha value is -0.710. The van der Waals surface area contributed by atoms with Crippen LogP contribution in [0.2, 0.25) is 5.02 Å². The van der Waals surface area contributed by atoms with Crippen molar-refractivity contribution in [2.24, 2.45) is 0 Å². The number of thioether (sulfide) groups is 1. The number of hydrogen-bond donors (Lipinski definition) is 0. The van der Waals surface area contributed by atoms with Crippen molar-refractivity contribution >= 4 is 29.1 Å². The topological polar surface area (TPSA) is 29.5 Å². The summed E-state index contributed by atoms with van der Waals surface area (Å²) in [5.41, 5.74) is 0.625. The van der Waals surface area contributed by atoms with E-state index in [9.17, 15) is 4.79 Å². The number of likely N-dealkylation sites (N-methyl/N-ethyl adjacent to an activating group) is 1. The predicted octanol–water partition coefficient (Wildman–Crippen LogP) is 3.60. The fourth-order valence-electron chi connectivity index (χ4n) is 1.82. The number of rotatable bonds is 8. The lowest BCUT2D eigenvalue weighted by Crippen LogP contribution is -2.34. The standard InChI is InChI=1S/C15H22ClNO2S/c1-11(7-8-20-4)17(2)10-14(18)12-5-6-15(19-3)13(16)9-12/h5-6,9,11H,7-8,10H2,1-4H3. The first-order valence-corrected chi connectivity index (χ1v) is 8.32. The molecule has 1 aromatic rings. The summed E-state index contributed by atoms with van der Waals surface area (Å²) < 4.78 is 5.09. The molecule has 0 N–H and O–H groups in total. The van der Waals surface area contributed by atoms with E-state index in [1.165, 1.54) is 0 Å². The van der Waals surface area contributed by atoms with Crippen LogP contribution < -0.4 is 4.74 Å². The third kappa shape index (κ3) is 5.00. The maximum absolute atomic E-state index is 12.2. The van der Waals surface area contributed by atoms with Gasteiger partial charge >= 0.3 is 0 Å². The quantitative estimate of drug-likeness (QED) is 0.685. The molecule has 0 bridgehead atoms. The van der Waals surface area contributed by atoms with E-state index in [1.54, 1.807) is 25.3 Å². The first-order valence-electron chi connectivity index (χ1n) is 6.55. The zero-order chi connectivity index (χ0) is 15.1. The molecule has 5 heteroatoms. The molecule has 20 heavy (non-hydrogen) atoms. The molecule has 0 saturated heterocycles. The van der Waals surface area contributed by atoms with Gasteiger partial charge in [0.05, 0.1) is 18.7 Å². The molecule has 112 valence electrons. The van der Waals surface area contributed by atoms with Gasteiger partial charge in [0, 0.05) is 11.6 Å². The zero-order valence-corrected chi connectivity index (χ0v) is 14.1. The summed E-state index contributed by atoms with van der Waals surface area (Å²) in [7, 11) is 3.54. The predicted molar refractivity (Wildman–Crippen MR) is 87.4 cm³/mol. The molecule has 3 nitrogen and oxygen atoms in total. The number of ether oxygens (including phenoxy) is 1. The highest BCUT2D eigenvalue weighted by molar-refractivity contribution is 7.98. The van der Waals surface area contributed by atoms with Crippen molar-refractivity contribution in [1.29, 1.82) is 0 Å². The van der Waals surface area contributed by atoms with Crippen LogP contribution in [0.4, 0.5) is 0 Å². The lowest BCUT2D eigenvalue weighted by atomic mass is 10.1. The maximum Gasteiger partial charge on any atom is 0.176 e. The van der Waals surface area contributed by atoms with Gasteiger partial charge in [-0.3, -0.25) is 9.69 Å². The largest absolute Gasteiger partial charge is 0.495 e. The normalized spacial score (nSPS) is 12.5. The highest BCUT2D eigenvalue weighted by atomic mass is 35.5. The van der Waals surface area contributed by atoms with Crippen LogP contribution >= 0.6 is 23.4 Å². The van der Waals surface area contributed by atoms with Crippen LogP contribution in [0.3, 0.4) is 0 Å². The first kappa shape index (κ1) is 17.3. The summed E-state index contributed by atoms with van der Waals surface area (Å²) in [6, 6.07) is 5.55. The summed E-state index contributed by atoms with van der Waals surface area (Å²) in [6.07, 6.45) is 3.17. The van der Waals surface area contributed by atoms with E-state index < -0.39 is 0 Å². The van der Waals surface area contributed by atoms with Gasteiger partial charge in [0.1, 0.15) is 5.75 Å². The summed E-state index contributed by atoms with van der Waals surface area (Å²) in [6.45, 7) is 2.54. The van der Waals surface area contributed by atoms with E-state index in [-0.39, 0.29) is 5.78 Å². The average Bonchev–Trinajstić information content (AvgIpc) is 2.44. The second-order valence-corrected chi connectivity index (χ2v) is 6.21. The Kier molecular flexibility index (Phi) is 7.41. The van der Waals surface area contributed by atoms with Crippen molar-refractivity contribution in [3.63, 3.8) is 0 Å². The van der Waals surface area contributed by atoms with Crippen LogP contribution in [-0.4, -0.2) is 49.4 Å². The van der Waals surface area contributed by atoms with Gasteiger partial charge in [-0.2, -0.15) is 11.8 Å². The van der Waals surface area contributed by atoms with Crippen LogP contribution in [-0.2, 0) is 0 Å². The molecule has 0 amide bonds. The lowest BCUT2D eigenvalue weighted by molar-refractivity contribution is 0.0923. The third-order valence-electron chi connectivity index (χ3n) is 3.36. The Labute approximate surface area is 130 Å². The van der Waals surface area contributed by atoms with E-state index >= 15 is 0 Å². The minimum Gasteiger partial charge on any atom is -0.495 e. The Balaban J connectivity index is 2.64. The molecule has 1 atom stereocenters. The van der Waals surface area contributed by atoms with Crippen molar-refractivity contribution in [2.75, 3.05) is 32.7 Å². The fraction of sp³-hybridized carbons (Fsp3) is 0.533. The second-order valence-electron chi connectivity index (χ2n) is 4.82. The highest BCUT2D eigenvalue weighted by Gasteiger charge is 2.15. The Bertz CT molecular complexity index is 453. The van der Waals surface area contributed by atoms with E-state index in [1.807, 2.05) is 18.8 Å². The molecule has 0 radical (unpaired) electrons. The van der Waals surface area contributed by atoms with Gasteiger partial charge in [-0.1, -0.05) is 11.6 Å². The zero-order valence-electron chi connectivity index (χ0n) is 12.5. The van der Waals surface area contributed by atoms with Crippen molar-refractivity contribution in [3.8, 4) is 5.75 Å². The van der Waals surface area contributed by atoms with Crippen molar-refractivity contribution < 1.29 is 9.53 Å². The summed E-state index contributed by atoms with van der Waals surface area (Å²) in [5.74, 6) is 1.77. The van der Waals surface area contributed by atoms with E-state index in [0.29, 0.717) is 28.9 Å². The molecule has 0 spiro atoms. The summed E-state index contributed by atoms with van der Waals surface area (Å²) in [5, 5.41) is 0.469. The second kappa shape index (κ2) is 8.55. The molecular weight excluding hydrogens is 294 g/mol. The fourth-order valence-corrected chi connectivity index (χ4v) is 2.66. The average molecular weight is 316 g/mol. The van der Waals surface area contributed by atoms with Gasteiger partial charge < -0.3 is 4.74 Å². The number of benzene rings is 1. The molecule has 0 aromatic heterocycles. The minimum atomic E-state index is 0.0769. The van der Waals surface area contributed by atoms with Gasteiger partial charge in [0.2, 0.25) is 0 Å². The number of carbonyl (C=O) groups excluding carboxylic acids is 1. The smallest absolute Gasteiger partial charge is 0.176 e. The van der Waals surface area contributed by atoms with Gasteiger partial charge in [-0.15, -0.1) is 0 Å². The van der Waals surface area contributed by atoms with Crippen molar-refractivity contribution in [1.82, 2.24) is 4.90 Å². The Morgan fingerprint density at radius 2 is 2.20 bits per heavy atom. The number of ketones is 1. The van der Waals surface area contributed by atoms with E-state index in [0.717, 1.165) is 12.2 Å². The lowest BCUT2D eigenvalue weighted by Gasteiger charge is -2.23. The molecule has 1 rings (SSSR count). The van der Waals surface area contributed by atoms with Crippen molar-refractivity contribution in [2.45, 2.75) is 19.4 Å². The van der Waals surface area contributed by atoms with Gasteiger partial charge in [0.25, 0.3) is 0 Å². The maximum atomic E-state index is 12.2. The van der Waals surface area contributed by atoms with Crippen LogP contribution in [0.1, 0.15) is 23.7 Å². The number of carbonyl (C=O) groups is 1. The van der Waals surface area contributed by atoms with Crippen LogP contribution in [0.15, 0.2) is 18.2 Å². The third-order valence-corrected chi connectivity index (χ3v) is 4.30. The van der Waals surface area contributed by atoms with Gasteiger partial charge in [0.15, 0.2) is 5.78 Å². The number of methoxy groups -OCH3 is 1. The van der Waals surface area contributed by atoms with Gasteiger partial charge in [-0.25, -0.2) is 0 Å². The van der Waals surface area contributed by atoms with E-state index in [2.05, 4.69) is 18.1 Å². The van der Waals surface area contributed by atoms with Crippen LogP contribution in [0.5, 0.6) is 5.75 Å². The minimum absolute atomic E-state index is 0.0769. The molecule has 0 heterocycles. The molecule has 1 aromatic carbocycles. The molecule has 0 aliphatic rings. The summed E-state index contributed by atoms with van der Waals surface area (Å²) in [4.78, 5) is 14.3. The molecular formula is C15H22ClNO2S. The van der Waals surface area contributed by atoms with Crippen LogP contribution in [0.25, 0.3) is 0 Å². The molecule has 0 saturated carbocycles. The highest BCUT2D eigenvalue weighted by Crippen LogP contribution is 2.25. The molecule has 0 aliphatic heterocycles. The Morgan fingerprint density at radius 3 is 2.75 bits per heavy atom. The van der Waals surface area contributed by atoms with Gasteiger partial charge in [-0.05, 0) is 50.6 Å². The number of nitrogens with zero attached hydrogens (tertiary/aromatic N) is 1. The van der Waals surface area contributed by atoms with Crippen LogP contribution in [0, 0.1) is 0 Å². The summed E-state index contributed by atoms with van der Waals surface area (Å²) >= 11 is 7.87. The first-order chi connectivity index (χ1) is 9.49. The monoisotopic (exact) mass is 315 g/mol. The molecule has 0 fully saturated rings. The SMILES string of the molecule is COc1ccc(C(=O)CN(C)C(C)CCSC)cc1Cl. The Morgan fingerprint density at radius 1 is 1.50 bits per heavy atom. The number of Topliss-reactive ketones (excluding diaryl/α,β-unsaturated/α-hetero) is 1.